The van der Waals surface area contributed by atoms with E-state index in [0.29, 0.717) is 116 Å². The van der Waals surface area contributed by atoms with E-state index in [0.717, 1.165) is 62.5 Å². The molecule has 21 nitrogen and oxygen atoms in total. The van der Waals surface area contributed by atoms with Gasteiger partial charge in [-0.05, 0) is 163 Å². The Hall–Kier alpha value is -7.56. The van der Waals surface area contributed by atoms with Crippen molar-refractivity contribution in [2.75, 3.05) is 61.7 Å². The second kappa shape index (κ2) is 40.7. The number of ether oxygens (including phenoxy) is 4. The van der Waals surface area contributed by atoms with Gasteiger partial charge < -0.3 is 69.3 Å². The zero-order chi connectivity index (χ0) is 63.4. The molecule has 0 aliphatic rings. The Kier molecular flexibility index (Phi) is 35.2. The lowest BCUT2D eigenvalue weighted by Crippen LogP contribution is -2.41. The lowest BCUT2D eigenvalue weighted by Gasteiger charge is -2.19. The maximum absolute atomic E-state index is 13.2. The quantitative estimate of drug-likeness (QED) is 0.0250. The zero-order valence-corrected chi connectivity index (χ0v) is 51.2. The number of carbonyl (C=O) groups is 8. The molecule has 85 heavy (non-hydrogen) atoms. The standard InChI is InChI=1S/C25H33N3O5.C23H38N4O4.C16H24N2O3/c1-16-8-10-22(32-3)18(13-16)25(31)28-20(7-5-6-12-26)21(29)15-17-9-11-23(33-4)19(14-17)24(30)27-2;1-3-20(28)19(9-5-7-13-25)27-23(30)17-14-16(10-11-22(17)31-2)15-21(29)18(26)8-4-6-12-24;1-11(5-3-4-8-17)14(19)10-12-6-7-15(21-2)13(9-12)16(18)20/h8-11,13-14,20H,5-7,12,15,26H2,1-4H3,(H,27,30)(H,28,31);10-11,14,18-19H,3-9,12-13,15,24-26H2,1-2H3,(H,27,30);6-7,9,11H,3-5,8,10,17H2,1-2H3,(H2,18,20)/t20-;18-,19-;11-/m000/s1. The molecule has 15 N–H and O–H groups in total. The number of hydrogen-bond acceptors (Lipinski definition) is 17. The van der Waals surface area contributed by atoms with Crippen LogP contribution < -0.4 is 69.3 Å². The first kappa shape index (κ1) is 73.5. The van der Waals surface area contributed by atoms with Gasteiger partial charge >= 0.3 is 0 Å². The third-order valence-electron chi connectivity index (χ3n) is 14.2. The highest BCUT2D eigenvalue weighted by atomic mass is 16.5. The molecule has 4 rings (SSSR count). The van der Waals surface area contributed by atoms with Crippen LogP contribution in [0.25, 0.3) is 0 Å². The van der Waals surface area contributed by atoms with Crippen LogP contribution in [0.2, 0.25) is 0 Å². The van der Waals surface area contributed by atoms with Crippen molar-refractivity contribution in [2.24, 2.45) is 40.3 Å². The minimum Gasteiger partial charge on any atom is -0.496 e. The number of methoxy groups -OCH3 is 4. The van der Waals surface area contributed by atoms with E-state index in [9.17, 15) is 38.4 Å². The molecule has 4 aromatic rings. The van der Waals surface area contributed by atoms with Crippen molar-refractivity contribution < 1.29 is 57.3 Å². The summed E-state index contributed by atoms with van der Waals surface area (Å²) in [5.74, 6) is -0.0865. The fraction of sp³-hybridized carbons (Fsp3) is 0.500. The Morgan fingerprint density at radius 1 is 0.459 bits per heavy atom. The van der Waals surface area contributed by atoms with E-state index in [-0.39, 0.29) is 59.3 Å². The Labute approximate surface area is 502 Å². The van der Waals surface area contributed by atoms with E-state index in [2.05, 4.69) is 16.0 Å². The summed E-state index contributed by atoms with van der Waals surface area (Å²) in [6.07, 6.45) is 9.76. The zero-order valence-electron chi connectivity index (χ0n) is 51.2. The Morgan fingerprint density at radius 2 is 0.824 bits per heavy atom. The van der Waals surface area contributed by atoms with Crippen LogP contribution in [0, 0.1) is 12.8 Å². The molecule has 468 valence electrons. The van der Waals surface area contributed by atoms with E-state index in [1.54, 1.807) is 73.7 Å². The fourth-order valence-corrected chi connectivity index (χ4v) is 9.07. The molecule has 21 heteroatoms. The number of carbonyl (C=O) groups excluding carboxylic acids is 8. The number of primary amides is 1. The Morgan fingerprint density at radius 3 is 1.25 bits per heavy atom. The van der Waals surface area contributed by atoms with E-state index in [1.807, 2.05) is 19.9 Å². The summed E-state index contributed by atoms with van der Waals surface area (Å²) in [4.78, 5) is 99.6. The second-order valence-corrected chi connectivity index (χ2v) is 20.7. The first-order valence-electron chi connectivity index (χ1n) is 29.2. The number of hydrogen-bond donors (Lipinski definition) is 9. The highest BCUT2D eigenvalue weighted by Gasteiger charge is 2.26. The molecule has 0 aromatic heterocycles. The number of ketones is 4. The van der Waals surface area contributed by atoms with Crippen LogP contribution in [0.4, 0.5) is 0 Å². The number of aryl methyl sites for hydroxylation is 1. The van der Waals surface area contributed by atoms with Gasteiger partial charge in [-0.25, -0.2) is 0 Å². The average molecular weight is 1180 g/mol. The van der Waals surface area contributed by atoms with Crippen LogP contribution >= 0.6 is 0 Å². The number of nitrogens with two attached hydrogens (primary N) is 6. The Bertz CT molecular complexity index is 2790. The van der Waals surface area contributed by atoms with E-state index in [4.69, 9.17) is 53.3 Å². The highest BCUT2D eigenvalue weighted by Crippen LogP contribution is 2.25. The molecule has 0 heterocycles. The summed E-state index contributed by atoms with van der Waals surface area (Å²) in [5.41, 5.74) is 37.7. The predicted molar refractivity (Wildman–Crippen MR) is 331 cm³/mol. The van der Waals surface area contributed by atoms with Crippen molar-refractivity contribution in [1.82, 2.24) is 16.0 Å². The first-order valence-corrected chi connectivity index (χ1v) is 29.2. The SMILES string of the molecule is CCC(=O)[C@H](CCCCN)NC(=O)c1cc(CC(=O)[C@@H](N)CCCCN)ccc1OC.CNC(=O)c1cc(CC(=O)[C@H](CCCCN)NC(=O)c2cc(C)ccc2OC)ccc1OC.COc1ccc(CC(=O)[C@@H](C)CCCCN)cc1C(N)=O. The Balaban J connectivity index is 0.000000446. The van der Waals surface area contributed by atoms with Crippen LogP contribution in [0.1, 0.15) is 161 Å². The molecule has 4 aromatic carbocycles. The van der Waals surface area contributed by atoms with Gasteiger partial charge in [0.15, 0.2) is 17.3 Å². The largest absolute Gasteiger partial charge is 0.496 e. The minimum absolute atomic E-state index is 0.00400. The lowest BCUT2D eigenvalue weighted by atomic mass is 9.94. The first-order chi connectivity index (χ1) is 40.7. The third kappa shape index (κ3) is 25.7. The lowest BCUT2D eigenvalue weighted by molar-refractivity contribution is -0.122. The van der Waals surface area contributed by atoms with E-state index in [1.165, 1.54) is 35.5 Å². The number of amides is 4. The summed E-state index contributed by atoms with van der Waals surface area (Å²) < 4.78 is 21.0. The third-order valence-corrected chi connectivity index (χ3v) is 14.2. The predicted octanol–water partition coefficient (Wildman–Crippen LogP) is 5.55. The van der Waals surface area contributed by atoms with Crippen molar-refractivity contribution in [2.45, 2.75) is 142 Å². The molecule has 0 unspecified atom stereocenters. The molecular formula is C64H95N9O12. The van der Waals surface area contributed by atoms with E-state index < -0.39 is 29.9 Å². The summed E-state index contributed by atoms with van der Waals surface area (Å²) >= 11 is 0. The van der Waals surface area contributed by atoms with Crippen molar-refractivity contribution in [3.8, 4) is 23.0 Å². The molecular weight excluding hydrogens is 1090 g/mol. The van der Waals surface area contributed by atoms with E-state index >= 15 is 0 Å². The molecule has 0 aliphatic carbocycles. The maximum atomic E-state index is 13.2. The molecule has 0 fully saturated rings. The van der Waals surface area contributed by atoms with Crippen molar-refractivity contribution in [3.63, 3.8) is 0 Å². The number of unbranched alkanes of at least 4 members (excludes halogenated alkanes) is 4. The fourth-order valence-electron chi connectivity index (χ4n) is 9.07. The second-order valence-electron chi connectivity index (χ2n) is 20.7. The van der Waals surface area contributed by atoms with Crippen molar-refractivity contribution >= 4 is 46.8 Å². The molecule has 4 atom stereocenters. The molecule has 0 radical (unpaired) electrons. The van der Waals surface area contributed by atoms with Crippen LogP contribution in [0.15, 0.2) is 72.8 Å². The number of nitrogens with one attached hydrogen (secondary N) is 3. The highest BCUT2D eigenvalue weighted by molar-refractivity contribution is 6.02. The van der Waals surface area contributed by atoms with Gasteiger partial charge in [0.2, 0.25) is 0 Å². The molecule has 0 saturated carbocycles. The van der Waals surface area contributed by atoms with Gasteiger partial charge in [-0.2, -0.15) is 0 Å². The smallest absolute Gasteiger partial charge is 0.255 e. The number of benzene rings is 4. The van der Waals surface area contributed by atoms with Crippen LogP contribution in [0.5, 0.6) is 23.0 Å². The molecule has 0 spiro atoms. The summed E-state index contributed by atoms with van der Waals surface area (Å²) in [5, 5.41) is 8.27. The van der Waals surface area contributed by atoms with Crippen molar-refractivity contribution in [3.05, 3.63) is 117 Å². The van der Waals surface area contributed by atoms with Gasteiger partial charge in [0.1, 0.15) is 28.8 Å². The molecule has 4 amide bonds. The summed E-state index contributed by atoms with van der Waals surface area (Å²) in [6, 6.07) is 18.6. The normalized spacial score (nSPS) is 12.1. The van der Waals surface area contributed by atoms with Crippen LogP contribution in [-0.2, 0) is 38.4 Å². The molecule has 0 saturated heterocycles. The summed E-state index contributed by atoms with van der Waals surface area (Å²) in [7, 11) is 7.46. The van der Waals surface area contributed by atoms with Gasteiger partial charge in [-0.1, -0.05) is 56.5 Å². The average Bonchev–Trinajstić information content (AvgIpc) is 3.71. The minimum atomic E-state index is -0.695. The van der Waals surface area contributed by atoms with Crippen LogP contribution in [0.3, 0.4) is 0 Å². The number of Topliss-reactive ketones (excluding diaryl/α,β-unsaturated/α-hetero) is 4. The van der Waals surface area contributed by atoms with Gasteiger partial charge in [-0.3, -0.25) is 38.4 Å². The van der Waals surface area contributed by atoms with Gasteiger partial charge in [0, 0.05) is 38.6 Å². The number of rotatable bonds is 37. The van der Waals surface area contributed by atoms with Gasteiger partial charge in [0.05, 0.1) is 68.8 Å². The van der Waals surface area contributed by atoms with Crippen molar-refractivity contribution in [1.29, 1.82) is 0 Å². The molecule has 0 bridgehead atoms. The molecule has 0 aliphatic heterocycles. The van der Waals surface area contributed by atoms with Gasteiger partial charge in [-0.15, -0.1) is 0 Å². The monoisotopic (exact) mass is 1180 g/mol. The topological polar surface area (TPSA) is 366 Å². The van der Waals surface area contributed by atoms with Gasteiger partial charge in [0.25, 0.3) is 23.6 Å². The maximum Gasteiger partial charge on any atom is 0.255 e. The summed E-state index contributed by atoms with van der Waals surface area (Å²) in [6.45, 7) is 7.86. The van der Waals surface area contributed by atoms with Crippen LogP contribution in [-0.4, -0.2) is 127 Å².